The second-order valence-corrected chi connectivity index (χ2v) is 16.7. The molecule has 310 valence electrons. The maximum atomic E-state index is 14.3. The van der Waals surface area contributed by atoms with Crippen LogP contribution in [-0.2, 0) is 42.9 Å². The number of carbonyl (C=O) groups is 4. The molecule has 0 unspecified atom stereocenters. The van der Waals surface area contributed by atoms with Crippen LogP contribution in [0.25, 0.3) is 0 Å². The number of cyclic esters (lactones) is 1. The number of rotatable bonds is 6. The predicted molar refractivity (Wildman–Crippen MR) is 207 cm³/mol. The van der Waals surface area contributed by atoms with Crippen molar-refractivity contribution in [2.75, 3.05) is 27.9 Å². The number of ketones is 2. The van der Waals surface area contributed by atoms with Crippen LogP contribution < -0.4 is 0 Å². The molecular formula is C43H67NO11. The average molecular weight is 774 g/mol. The van der Waals surface area contributed by atoms with E-state index in [9.17, 15) is 29.4 Å². The Morgan fingerprint density at radius 3 is 2.35 bits per heavy atom. The SMILES string of the molecule is CC[C@@H]1/C=C(/C)C[C@H](C)C[C@H](OC)[C@H]2O[C@@](O)(C(=O)C(=O)N3CCCC[C@H]3C(=O)O[C@H](/C(C)=C/[C@@H]3CC=C[C@H](OC)C3)[C@H](C)[C@@H](O)CC1=O)[C@H](C)C[C@@H]2OC. The first-order valence-corrected chi connectivity index (χ1v) is 20.4. The molecule has 3 heterocycles. The molecular weight excluding hydrogens is 706 g/mol. The van der Waals surface area contributed by atoms with Gasteiger partial charge in [0, 0.05) is 52.0 Å². The van der Waals surface area contributed by atoms with Gasteiger partial charge in [0.05, 0.1) is 24.4 Å². The van der Waals surface area contributed by atoms with Crippen LogP contribution in [-0.4, -0.2) is 115 Å². The number of fused-ring (bicyclic) bond motifs is 3. The molecule has 2 saturated heterocycles. The summed E-state index contributed by atoms with van der Waals surface area (Å²) in [5.74, 6) is -7.23. The number of aliphatic hydroxyl groups excluding tert-OH is 1. The molecule has 2 fully saturated rings. The number of carbonyl (C=O) groups excluding carboxylic acids is 4. The first kappa shape index (κ1) is 45.0. The van der Waals surface area contributed by atoms with Gasteiger partial charge in [0.2, 0.25) is 5.79 Å². The molecule has 4 rings (SSSR count). The van der Waals surface area contributed by atoms with Gasteiger partial charge in [0.25, 0.3) is 11.7 Å². The number of Topliss-reactive ketones (excluding diaryl/α,β-unsaturated/α-hetero) is 2. The molecule has 1 aliphatic carbocycles. The van der Waals surface area contributed by atoms with Gasteiger partial charge < -0.3 is 38.8 Å². The lowest BCUT2D eigenvalue weighted by atomic mass is 9.82. The summed E-state index contributed by atoms with van der Waals surface area (Å²) in [6.45, 7) is 11.4. The smallest absolute Gasteiger partial charge is 0.329 e. The van der Waals surface area contributed by atoms with E-state index in [4.69, 9.17) is 23.7 Å². The summed E-state index contributed by atoms with van der Waals surface area (Å²) in [5.41, 5.74) is 1.72. The van der Waals surface area contributed by atoms with Crippen molar-refractivity contribution in [1.82, 2.24) is 4.90 Å². The number of hydrogen-bond donors (Lipinski definition) is 2. The fourth-order valence-corrected chi connectivity index (χ4v) is 9.03. The molecule has 0 saturated carbocycles. The quantitative estimate of drug-likeness (QED) is 0.206. The van der Waals surface area contributed by atoms with E-state index >= 15 is 0 Å². The summed E-state index contributed by atoms with van der Waals surface area (Å²) < 4.78 is 29.8. The Morgan fingerprint density at radius 1 is 1.00 bits per heavy atom. The number of amides is 1. The number of ether oxygens (including phenoxy) is 5. The highest BCUT2D eigenvalue weighted by Crippen LogP contribution is 2.39. The van der Waals surface area contributed by atoms with Crippen LogP contribution in [0.4, 0.5) is 0 Å². The highest BCUT2D eigenvalue weighted by Gasteiger charge is 2.56. The second-order valence-electron chi connectivity index (χ2n) is 16.7. The van der Waals surface area contributed by atoms with E-state index in [1.54, 1.807) is 21.0 Å². The molecule has 12 heteroatoms. The standard InChI is InChI=1S/C43H67NO11/c1-10-31-19-25(2)18-26(3)20-36(52-8)39-37(53-9)22-28(5)43(50,55-39)40(47)41(48)44-17-12-11-16-33(44)42(49)54-38(29(6)34(45)24-35(31)46)27(4)21-30-14-13-15-32(23-30)51-7/h13,15,19,21,26,28-34,36-39,45,50H,10-12,14,16-18,20,22-24H2,1-9H3/b25-19-,27-21+/t26-,28+,29+,30-,31+,32-,33-,34-,36-,37-,38+,39+,43+/m0/s1. The fourth-order valence-electron chi connectivity index (χ4n) is 9.03. The number of aliphatic hydroxyl groups is 2. The Bertz CT molecular complexity index is 1440. The van der Waals surface area contributed by atoms with Crippen LogP contribution in [0.5, 0.6) is 0 Å². The van der Waals surface area contributed by atoms with Crippen molar-refractivity contribution < 1.29 is 53.1 Å². The molecule has 0 aromatic rings. The summed E-state index contributed by atoms with van der Waals surface area (Å²) in [5, 5.41) is 23.6. The highest BCUT2D eigenvalue weighted by atomic mass is 16.7. The lowest BCUT2D eigenvalue weighted by Gasteiger charge is -2.47. The number of methoxy groups -OCH3 is 3. The van der Waals surface area contributed by atoms with Gasteiger partial charge in [-0.25, -0.2) is 4.79 Å². The van der Waals surface area contributed by atoms with E-state index in [1.807, 2.05) is 39.0 Å². The topological polar surface area (TPSA) is 158 Å². The summed E-state index contributed by atoms with van der Waals surface area (Å²) in [6.07, 6.45) is 8.71. The third-order valence-corrected chi connectivity index (χ3v) is 12.4. The van der Waals surface area contributed by atoms with Crippen LogP contribution in [0.3, 0.4) is 0 Å². The zero-order valence-electron chi connectivity index (χ0n) is 34.5. The zero-order chi connectivity index (χ0) is 40.6. The lowest BCUT2D eigenvalue weighted by molar-refractivity contribution is -0.302. The Morgan fingerprint density at radius 2 is 1.69 bits per heavy atom. The Labute approximate surface area is 328 Å². The van der Waals surface area contributed by atoms with Gasteiger partial charge in [-0.15, -0.1) is 0 Å². The highest BCUT2D eigenvalue weighted by molar-refractivity contribution is 6.39. The molecule has 0 spiro atoms. The zero-order valence-corrected chi connectivity index (χ0v) is 34.5. The normalized spacial score (nSPS) is 40.5. The van der Waals surface area contributed by atoms with Crippen molar-refractivity contribution in [3.63, 3.8) is 0 Å². The van der Waals surface area contributed by atoms with E-state index in [-0.39, 0.29) is 49.5 Å². The molecule has 55 heavy (non-hydrogen) atoms. The molecule has 2 bridgehead atoms. The minimum absolute atomic E-state index is 0.0472. The third-order valence-electron chi connectivity index (χ3n) is 12.4. The molecule has 0 aromatic carbocycles. The van der Waals surface area contributed by atoms with Gasteiger partial charge in [0.15, 0.2) is 0 Å². The van der Waals surface area contributed by atoms with Gasteiger partial charge in [0.1, 0.15) is 24.0 Å². The second kappa shape index (κ2) is 20.1. The molecule has 13 atom stereocenters. The molecule has 0 aromatic heterocycles. The van der Waals surface area contributed by atoms with Crippen molar-refractivity contribution in [2.24, 2.45) is 29.6 Å². The Balaban J connectivity index is 1.77. The number of nitrogens with zero attached hydrogens (tertiary/aromatic N) is 1. The molecule has 2 N–H and O–H groups in total. The van der Waals surface area contributed by atoms with E-state index in [0.717, 1.165) is 18.4 Å². The summed E-state index contributed by atoms with van der Waals surface area (Å²) >= 11 is 0. The summed E-state index contributed by atoms with van der Waals surface area (Å²) in [4.78, 5) is 57.6. The first-order valence-electron chi connectivity index (χ1n) is 20.4. The van der Waals surface area contributed by atoms with Gasteiger partial charge in [-0.3, -0.25) is 14.4 Å². The van der Waals surface area contributed by atoms with Crippen LogP contribution >= 0.6 is 0 Å². The Kier molecular flexibility index (Phi) is 16.4. The fraction of sp³-hybridized carbons (Fsp3) is 0.767. The predicted octanol–water partition coefficient (Wildman–Crippen LogP) is 5.28. The number of allylic oxidation sites excluding steroid dienone is 4. The van der Waals surface area contributed by atoms with Crippen molar-refractivity contribution in [2.45, 2.75) is 154 Å². The molecule has 0 radical (unpaired) electrons. The minimum atomic E-state index is -2.49. The minimum Gasteiger partial charge on any atom is -0.456 e. The van der Waals surface area contributed by atoms with Gasteiger partial charge in [-0.1, -0.05) is 57.6 Å². The lowest BCUT2D eigenvalue weighted by Crippen LogP contribution is -2.64. The maximum Gasteiger partial charge on any atom is 0.329 e. The van der Waals surface area contributed by atoms with E-state index in [0.29, 0.717) is 37.7 Å². The van der Waals surface area contributed by atoms with Crippen LogP contribution in [0.15, 0.2) is 35.5 Å². The monoisotopic (exact) mass is 773 g/mol. The molecule has 12 nitrogen and oxygen atoms in total. The van der Waals surface area contributed by atoms with Gasteiger partial charge in [-0.2, -0.15) is 0 Å². The van der Waals surface area contributed by atoms with Gasteiger partial charge >= 0.3 is 5.97 Å². The van der Waals surface area contributed by atoms with Crippen LogP contribution in [0.1, 0.15) is 106 Å². The van der Waals surface area contributed by atoms with Crippen molar-refractivity contribution in [3.8, 4) is 0 Å². The van der Waals surface area contributed by atoms with Crippen LogP contribution in [0, 0.1) is 29.6 Å². The third kappa shape index (κ3) is 10.8. The molecule has 3 aliphatic heterocycles. The molecule has 4 aliphatic rings. The van der Waals surface area contributed by atoms with E-state index < -0.39 is 77.8 Å². The Hall–Kier alpha value is -2.74. The van der Waals surface area contributed by atoms with Crippen molar-refractivity contribution >= 4 is 23.4 Å². The summed E-state index contributed by atoms with van der Waals surface area (Å²) in [6, 6.07) is -1.11. The number of esters is 1. The average Bonchev–Trinajstić information content (AvgIpc) is 3.17. The largest absolute Gasteiger partial charge is 0.456 e. The van der Waals surface area contributed by atoms with Crippen molar-refractivity contribution in [1.29, 1.82) is 0 Å². The molecule has 1 amide bonds. The number of piperidine rings is 1. The van der Waals surface area contributed by atoms with Crippen LogP contribution in [0.2, 0.25) is 0 Å². The van der Waals surface area contributed by atoms with E-state index in [1.165, 1.54) is 19.1 Å². The van der Waals surface area contributed by atoms with Crippen molar-refractivity contribution in [3.05, 3.63) is 35.5 Å². The first-order chi connectivity index (χ1) is 26.1. The van der Waals surface area contributed by atoms with Gasteiger partial charge in [-0.05, 0) is 89.0 Å². The number of hydrogen-bond acceptors (Lipinski definition) is 11. The maximum absolute atomic E-state index is 14.3. The van der Waals surface area contributed by atoms with E-state index in [2.05, 4.69) is 13.0 Å². The summed E-state index contributed by atoms with van der Waals surface area (Å²) in [7, 11) is 4.74.